The molecule has 18 heavy (non-hydrogen) atoms. The molecule has 0 saturated carbocycles. The molecule has 2 aliphatic rings. The summed E-state index contributed by atoms with van der Waals surface area (Å²) >= 11 is 0. The van der Waals surface area contributed by atoms with Crippen LogP contribution in [0.3, 0.4) is 0 Å². The minimum Gasteiger partial charge on any atom is -0.326 e. The van der Waals surface area contributed by atoms with Crippen LogP contribution in [-0.2, 0) is 0 Å². The smallest absolute Gasteiger partial charge is 0.0223 e. The Morgan fingerprint density at radius 1 is 1.22 bits per heavy atom. The summed E-state index contributed by atoms with van der Waals surface area (Å²) < 4.78 is 0. The fraction of sp³-hybridized carbons (Fsp3) is 1.00. The monoisotopic (exact) mass is 253 g/mol. The average Bonchev–Trinajstić information content (AvgIpc) is 2.28. The fourth-order valence-electron chi connectivity index (χ4n) is 3.19. The van der Waals surface area contributed by atoms with Gasteiger partial charge in [0.2, 0.25) is 0 Å². The zero-order chi connectivity index (χ0) is 13.3. The molecule has 2 aliphatic heterocycles. The molecule has 106 valence electrons. The molecule has 3 atom stereocenters. The van der Waals surface area contributed by atoms with Crippen molar-refractivity contribution < 1.29 is 0 Å². The van der Waals surface area contributed by atoms with Crippen LogP contribution in [0.2, 0.25) is 0 Å². The highest BCUT2D eigenvalue weighted by atomic mass is 15.3. The number of rotatable bonds is 2. The molecule has 0 amide bonds. The van der Waals surface area contributed by atoms with E-state index in [1.807, 2.05) is 0 Å². The normalized spacial score (nSPS) is 33.2. The molecule has 2 N–H and O–H groups in total. The topological polar surface area (TPSA) is 32.5 Å². The quantitative estimate of drug-likeness (QED) is 0.816. The number of nitrogens with two attached hydrogens (primary N) is 1. The van der Waals surface area contributed by atoms with Crippen molar-refractivity contribution in [1.29, 1.82) is 0 Å². The van der Waals surface area contributed by atoms with Crippen molar-refractivity contribution in [3.8, 4) is 0 Å². The van der Waals surface area contributed by atoms with Crippen LogP contribution >= 0.6 is 0 Å². The van der Waals surface area contributed by atoms with Gasteiger partial charge in [0.05, 0.1) is 0 Å². The molecule has 3 heteroatoms. The summed E-state index contributed by atoms with van der Waals surface area (Å²) in [5.41, 5.74) is 6.57. The second-order valence-electron chi connectivity index (χ2n) is 7.42. The molecular weight excluding hydrogens is 222 g/mol. The molecule has 0 aromatic carbocycles. The van der Waals surface area contributed by atoms with Crippen molar-refractivity contribution in [3.05, 3.63) is 0 Å². The molecule has 2 fully saturated rings. The number of piperazine rings is 1. The molecule has 3 unspecified atom stereocenters. The molecule has 0 bridgehead atoms. The summed E-state index contributed by atoms with van der Waals surface area (Å²) in [7, 11) is 0. The lowest BCUT2D eigenvalue weighted by Crippen LogP contribution is -2.61. The predicted octanol–water partition coefficient (Wildman–Crippen LogP) is 1.92. The van der Waals surface area contributed by atoms with E-state index in [1.54, 1.807) is 0 Å². The fourth-order valence-corrected chi connectivity index (χ4v) is 3.19. The van der Waals surface area contributed by atoms with E-state index in [4.69, 9.17) is 5.73 Å². The second-order valence-corrected chi connectivity index (χ2v) is 7.42. The summed E-state index contributed by atoms with van der Waals surface area (Å²) in [5.74, 6) is 0. The Labute approximate surface area is 113 Å². The summed E-state index contributed by atoms with van der Waals surface area (Å²) in [5, 5.41) is 0. The number of piperidine rings is 1. The van der Waals surface area contributed by atoms with Gasteiger partial charge in [-0.3, -0.25) is 9.80 Å². The van der Waals surface area contributed by atoms with E-state index in [0.717, 1.165) is 12.6 Å². The third-order valence-electron chi connectivity index (χ3n) is 4.86. The largest absolute Gasteiger partial charge is 0.326 e. The lowest BCUT2D eigenvalue weighted by atomic mass is 9.86. The number of fused-ring (bicyclic) bond motifs is 1. The number of nitrogens with zero attached hydrogens (tertiary/aromatic N) is 2. The van der Waals surface area contributed by atoms with Crippen LogP contribution in [0.4, 0.5) is 0 Å². The molecule has 3 nitrogen and oxygen atoms in total. The SMILES string of the molecule is CC1CN2CCCCC2CN1CC(N)C(C)(C)C. The standard InChI is InChI=1S/C15H31N3/c1-12-9-17-8-6-5-7-13(17)10-18(12)11-14(16)15(2,3)4/h12-14H,5-11,16H2,1-4H3. The Balaban J connectivity index is 1.93. The third kappa shape index (κ3) is 3.25. The van der Waals surface area contributed by atoms with Gasteiger partial charge in [0.25, 0.3) is 0 Å². The van der Waals surface area contributed by atoms with Crippen molar-refractivity contribution in [1.82, 2.24) is 9.80 Å². The minimum atomic E-state index is 0.212. The van der Waals surface area contributed by atoms with Gasteiger partial charge in [-0.1, -0.05) is 27.2 Å². The highest BCUT2D eigenvalue weighted by Gasteiger charge is 2.34. The first-order valence-corrected chi connectivity index (χ1v) is 7.61. The van der Waals surface area contributed by atoms with Crippen LogP contribution in [0.15, 0.2) is 0 Å². The van der Waals surface area contributed by atoms with E-state index in [-0.39, 0.29) is 11.5 Å². The van der Waals surface area contributed by atoms with Crippen LogP contribution in [0.1, 0.15) is 47.0 Å². The Kier molecular flexibility index (Phi) is 4.35. The van der Waals surface area contributed by atoms with E-state index >= 15 is 0 Å². The molecule has 0 radical (unpaired) electrons. The van der Waals surface area contributed by atoms with Gasteiger partial charge in [0.1, 0.15) is 0 Å². The van der Waals surface area contributed by atoms with E-state index in [0.29, 0.717) is 6.04 Å². The summed E-state index contributed by atoms with van der Waals surface area (Å²) in [6.45, 7) is 13.9. The van der Waals surface area contributed by atoms with Gasteiger partial charge in [-0.2, -0.15) is 0 Å². The van der Waals surface area contributed by atoms with Crippen molar-refractivity contribution in [2.45, 2.75) is 65.1 Å². The maximum atomic E-state index is 6.36. The molecule has 0 aliphatic carbocycles. The van der Waals surface area contributed by atoms with Crippen LogP contribution in [0.25, 0.3) is 0 Å². The first-order chi connectivity index (χ1) is 8.38. The van der Waals surface area contributed by atoms with Gasteiger partial charge in [0.15, 0.2) is 0 Å². The molecule has 0 aromatic heterocycles. The molecule has 0 spiro atoms. The highest BCUT2D eigenvalue weighted by molar-refractivity contribution is 4.91. The van der Waals surface area contributed by atoms with E-state index in [1.165, 1.54) is 38.9 Å². The van der Waals surface area contributed by atoms with Gasteiger partial charge in [-0.15, -0.1) is 0 Å². The average molecular weight is 253 g/mol. The van der Waals surface area contributed by atoms with Gasteiger partial charge in [0, 0.05) is 37.8 Å². The van der Waals surface area contributed by atoms with Gasteiger partial charge < -0.3 is 5.73 Å². The highest BCUT2D eigenvalue weighted by Crippen LogP contribution is 2.26. The predicted molar refractivity (Wildman–Crippen MR) is 77.7 cm³/mol. The third-order valence-corrected chi connectivity index (χ3v) is 4.86. The summed E-state index contributed by atoms with van der Waals surface area (Å²) in [6, 6.07) is 1.73. The molecule has 2 heterocycles. The Morgan fingerprint density at radius 2 is 1.94 bits per heavy atom. The lowest BCUT2D eigenvalue weighted by molar-refractivity contribution is 0.00699. The number of hydrogen-bond acceptors (Lipinski definition) is 3. The first kappa shape index (κ1) is 14.3. The minimum absolute atomic E-state index is 0.212. The Bertz CT molecular complexity index is 271. The van der Waals surface area contributed by atoms with Crippen LogP contribution in [-0.4, -0.2) is 54.1 Å². The van der Waals surface area contributed by atoms with Crippen molar-refractivity contribution in [2.24, 2.45) is 11.1 Å². The second kappa shape index (κ2) is 5.48. The van der Waals surface area contributed by atoms with Gasteiger partial charge >= 0.3 is 0 Å². The van der Waals surface area contributed by atoms with Gasteiger partial charge in [-0.25, -0.2) is 0 Å². The van der Waals surface area contributed by atoms with Crippen LogP contribution < -0.4 is 5.73 Å². The zero-order valence-electron chi connectivity index (χ0n) is 12.7. The summed E-state index contributed by atoms with van der Waals surface area (Å²) in [4.78, 5) is 5.33. The van der Waals surface area contributed by atoms with Crippen molar-refractivity contribution in [2.75, 3.05) is 26.2 Å². The molecule has 0 aromatic rings. The Morgan fingerprint density at radius 3 is 2.61 bits per heavy atom. The Hall–Kier alpha value is -0.120. The van der Waals surface area contributed by atoms with E-state index < -0.39 is 0 Å². The maximum Gasteiger partial charge on any atom is 0.0223 e. The first-order valence-electron chi connectivity index (χ1n) is 7.61. The molecular formula is C15H31N3. The van der Waals surface area contributed by atoms with Crippen LogP contribution in [0.5, 0.6) is 0 Å². The van der Waals surface area contributed by atoms with E-state index in [9.17, 15) is 0 Å². The zero-order valence-corrected chi connectivity index (χ0v) is 12.7. The van der Waals surface area contributed by atoms with Gasteiger partial charge in [-0.05, 0) is 31.7 Å². The summed E-state index contributed by atoms with van der Waals surface area (Å²) in [6.07, 6.45) is 4.19. The van der Waals surface area contributed by atoms with Crippen molar-refractivity contribution >= 4 is 0 Å². The van der Waals surface area contributed by atoms with Crippen LogP contribution in [0, 0.1) is 5.41 Å². The molecule has 2 rings (SSSR count). The lowest BCUT2D eigenvalue weighted by Gasteiger charge is -2.49. The number of hydrogen-bond donors (Lipinski definition) is 1. The maximum absolute atomic E-state index is 6.36. The van der Waals surface area contributed by atoms with Crippen molar-refractivity contribution in [3.63, 3.8) is 0 Å². The molecule has 2 saturated heterocycles. The van der Waals surface area contributed by atoms with E-state index in [2.05, 4.69) is 37.5 Å².